The molecule has 0 atom stereocenters. The monoisotopic (exact) mass is 333 g/mol. The molecule has 1 aromatic carbocycles. The van der Waals surface area contributed by atoms with E-state index in [0.717, 1.165) is 0 Å². The fourth-order valence-corrected chi connectivity index (χ4v) is 2.78. The molecule has 1 saturated heterocycles. The second-order valence-electron chi connectivity index (χ2n) is 5.66. The number of nitrogens with zero attached hydrogens (tertiary/aromatic N) is 1. The smallest absolute Gasteiger partial charge is 0.417 e. The number of hydrogen-bond donors (Lipinski definition) is 2. The number of nitrogens with one attached hydrogen (secondary N) is 2. The van der Waals surface area contributed by atoms with Crippen molar-refractivity contribution in [3.8, 4) is 0 Å². The molecule has 8 nitrogen and oxygen atoms in total. The number of carbonyl (C=O) groups excluding carboxylic acids is 2. The SMILES string of the molecule is CCOC(=O)N1CCC(NC(=O)c2ccc3[nH]c(=O)oc3c2)CC1. The zero-order valence-electron chi connectivity index (χ0n) is 13.3. The fourth-order valence-electron chi connectivity index (χ4n) is 2.78. The van der Waals surface area contributed by atoms with Crippen molar-refractivity contribution in [3.63, 3.8) is 0 Å². The number of H-pyrrole nitrogens is 1. The van der Waals surface area contributed by atoms with Crippen molar-refractivity contribution in [1.29, 1.82) is 0 Å². The van der Waals surface area contributed by atoms with Crippen LogP contribution in [0, 0.1) is 0 Å². The van der Waals surface area contributed by atoms with Crippen molar-refractivity contribution in [3.05, 3.63) is 34.3 Å². The van der Waals surface area contributed by atoms with Gasteiger partial charge in [0.25, 0.3) is 5.91 Å². The summed E-state index contributed by atoms with van der Waals surface area (Å²) in [5.74, 6) is -0.774. The van der Waals surface area contributed by atoms with Gasteiger partial charge >= 0.3 is 11.8 Å². The molecule has 2 N–H and O–H groups in total. The van der Waals surface area contributed by atoms with Crippen LogP contribution in [0.25, 0.3) is 11.1 Å². The van der Waals surface area contributed by atoms with Crippen molar-refractivity contribution in [2.75, 3.05) is 19.7 Å². The van der Waals surface area contributed by atoms with Gasteiger partial charge in [0, 0.05) is 24.7 Å². The minimum absolute atomic E-state index is 0.00268. The lowest BCUT2D eigenvalue weighted by Crippen LogP contribution is -2.46. The van der Waals surface area contributed by atoms with Crippen LogP contribution in [0.15, 0.2) is 27.4 Å². The lowest BCUT2D eigenvalue weighted by atomic mass is 10.0. The summed E-state index contributed by atoms with van der Waals surface area (Å²) < 4.78 is 9.93. The molecule has 0 aliphatic carbocycles. The average Bonchev–Trinajstić information content (AvgIpc) is 2.94. The minimum atomic E-state index is -0.547. The molecule has 1 aromatic heterocycles. The Morgan fingerprint density at radius 3 is 2.83 bits per heavy atom. The highest BCUT2D eigenvalue weighted by atomic mass is 16.6. The van der Waals surface area contributed by atoms with Gasteiger partial charge in [-0.3, -0.25) is 9.78 Å². The molecular weight excluding hydrogens is 314 g/mol. The molecule has 3 rings (SSSR count). The van der Waals surface area contributed by atoms with E-state index in [2.05, 4.69) is 10.3 Å². The molecule has 0 saturated carbocycles. The van der Waals surface area contributed by atoms with Crippen LogP contribution in [0.4, 0.5) is 4.79 Å². The Labute approximate surface area is 137 Å². The quantitative estimate of drug-likeness (QED) is 0.885. The molecule has 1 fully saturated rings. The minimum Gasteiger partial charge on any atom is -0.450 e. The summed E-state index contributed by atoms with van der Waals surface area (Å²) in [6.45, 7) is 3.23. The van der Waals surface area contributed by atoms with E-state index in [0.29, 0.717) is 49.2 Å². The van der Waals surface area contributed by atoms with Gasteiger partial charge in [-0.2, -0.15) is 0 Å². The van der Waals surface area contributed by atoms with Crippen LogP contribution in [-0.4, -0.2) is 47.6 Å². The van der Waals surface area contributed by atoms with Crippen molar-refractivity contribution in [1.82, 2.24) is 15.2 Å². The summed E-state index contributed by atoms with van der Waals surface area (Å²) in [7, 11) is 0. The molecule has 128 valence electrons. The highest BCUT2D eigenvalue weighted by Gasteiger charge is 2.24. The summed E-state index contributed by atoms with van der Waals surface area (Å²) in [6, 6.07) is 4.81. The zero-order valence-corrected chi connectivity index (χ0v) is 13.3. The van der Waals surface area contributed by atoms with E-state index in [4.69, 9.17) is 9.15 Å². The Bertz CT molecular complexity index is 801. The normalized spacial score (nSPS) is 15.5. The van der Waals surface area contributed by atoms with Crippen LogP contribution < -0.4 is 11.1 Å². The molecule has 2 aromatic rings. The summed E-state index contributed by atoms with van der Waals surface area (Å²) in [6.07, 6.45) is 1.04. The van der Waals surface area contributed by atoms with Gasteiger partial charge in [0.05, 0.1) is 12.1 Å². The van der Waals surface area contributed by atoms with Crippen LogP contribution in [0.5, 0.6) is 0 Å². The first-order valence-corrected chi connectivity index (χ1v) is 7.92. The van der Waals surface area contributed by atoms with Crippen molar-refractivity contribution in [2.24, 2.45) is 0 Å². The standard InChI is InChI=1S/C16H19N3O5/c1-2-23-16(22)19-7-5-11(6-8-19)17-14(20)10-3-4-12-13(9-10)24-15(21)18-12/h3-4,9,11H,2,5-8H2,1H3,(H,17,20)(H,18,21). The number of aromatic amines is 1. The maximum absolute atomic E-state index is 12.3. The number of benzene rings is 1. The first-order chi connectivity index (χ1) is 11.6. The van der Waals surface area contributed by atoms with Crippen LogP contribution >= 0.6 is 0 Å². The molecule has 24 heavy (non-hydrogen) atoms. The highest BCUT2D eigenvalue weighted by Crippen LogP contribution is 2.15. The zero-order chi connectivity index (χ0) is 17.1. The second kappa shape index (κ2) is 6.77. The molecule has 2 amide bonds. The molecule has 0 bridgehead atoms. The third kappa shape index (κ3) is 3.42. The number of hydrogen-bond acceptors (Lipinski definition) is 5. The number of rotatable bonds is 3. The van der Waals surface area contributed by atoms with Gasteiger partial charge in [0.15, 0.2) is 5.58 Å². The Hall–Kier alpha value is -2.77. The van der Waals surface area contributed by atoms with E-state index < -0.39 is 5.76 Å². The maximum atomic E-state index is 12.3. The van der Waals surface area contributed by atoms with E-state index in [1.807, 2.05) is 0 Å². The Morgan fingerprint density at radius 1 is 1.38 bits per heavy atom. The fraction of sp³-hybridized carbons (Fsp3) is 0.438. The summed E-state index contributed by atoms with van der Waals surface area (Å²) in [5.41, 5.74) is 1.34. The summed E-state index contributed by atoms with van der Waals surface area (Å²) in [4.78, 5) is 39.3. The first kappa shape index (κ1) is 16.1. The van der Waals surface area contributed by atoms with Crippen LogP contribution in [-0.2, 0) is 4.74 Å². The molecule has 0 spiro atoms. The molecule has 8 heteroatoms. The lowest BCUT2D eigenvalue weighted by Gasteiger charge is -2.31. The lowest BCUT2D eigenvalue weighted by molar-refractivity contribution is 0.0860. The van der Waals surface area contributed by atoms with E-state index in [-0.39, 0.29) is 18.0 Å². The Kier molecular flexibility index (Phi) is 4.54. The maximum Gasteiger partial charge on any atom is 0.417 e. The van der Waals surface area contributed by atoms with Crippen LogP contribution in [0.1, 0.15) is 30.1 Å². The Morgan fingerprint density at radius 2 is 2.12 bits per heavy atom. The number of amides is 2. The number of carbonyl (C=O) groups is 2. The molecule has 1 aliphatic rings. The largest absolute Gasteiger partial charge is 0.450 e. The second-order valence-corrected chi connectivity index (χ2v) is 5.66. The topological polar surface area (TPSA) is 105 Å². The van der Waals surface area contributed by atoms with Crippen LogP contribution in [0.2, 0.25) is 0 Å². The van der Waals surface area contributed by atoms with Crippen molar-refractivity contribution < 1.29 is 18.7 Å². The molecule has 0 unspecified atom stereocenters. The number of ether oxygens (including phenoxy) is 1. The molecule has 2 heterocycles. The predicted octanol–water partition coefficient (Wildman–Crippen LogP) is 1.47. The first-order valence-electron chi connectivity index (χ1n) is 7.92. The van der Waals surface area contributed by atoms with Gasteiger partial charge in [-0.1, -0.05) is 0 Å². The third-order valence-electron chi connectivity index (χ3n) is 4.04. The molecule has 1 aliphatic heterocycles. The van der Waals surface area contributed by atoms with E-state index >= 15 is 0 Å². The van der Waals surface area contributed by atoms with E-state index in [9.17, 15) is 14.4 Å². The number of aromatic nitrogens is 1. The van der Waals surface area contributed by atoms with E-state index in [1.165, 1.54) is 6.07 Å². The highest BCUT2D eigenvalue weighted by molar-refractivity contribution is 5.97. The number of fused-ring (bicyclic) bond motifs is 1. The van der Waals surface area contributed by atoms with Gasteiger partial charge in [-0.25, -0.2) is 9.59 Å². The number of likely N-dealkylation sites (tertiary alicyclic amines) is 1. The summed E-state index contributed by atoms with van der Waals surface area (Å²) in [5, 5.41) is 2.95. The van der Waals surface area contributed by atoms with E-state index in [1.54, 1.807) is 24.0 Å². The summed E-state index contributed by atoms with van der Waals surface area (Å²) >= 11 is 0. The molecular formula is C16H19N3O5. The van der Waals surface area contributed by atoms with Crippen LogP contribution in [0.3, 0.4) is 0 Å². The Balaban J connectivity index is 1.58. The average molecular weight is 333 g/mol. The van der Waals surface area contributed by atoms with Gasteiger partial charge in [-0.05, 0) is 38.0 Å². The van der Waals surface area contributed by atoms with Gasteiger partial charge in [0.2, 0.25) is 0 Å². The number of oxazole rings is 1. The van der Waals surface area contributed by atoms with Crippen molar-refractivity contribution in [2.45, 2.75) is 25.8 Å². The van der Waals surface area contributed by atoms with Gasteiger partial charge in [0.1, 0.15) is 0 Å². The van der Waals surface area contributed by atoms with Crippen molar-refractivity contribution >= 4 is 23.1 Å². The van der Waals surface area contributed by atoms with Gasteiger partial charge < -0.3 is 19.4 Å². The molecule has 0 radical (unpaired) electrons. The van der Waals surface area contributed by atoms with Gasteiger partial charge in [-0.15, -0.1) is 0 Å². The third-order valence-corrected chi connectivity index (χ3v) is 4.04. The predicted molar refractivity (Wildman–Crippen MR) is 85.9 cm³/mol. The number of piperidine rings is 1.